The van der Waals surface area contributed by atoms with E-state index in [1.54, 1.807) is 12.4 Å². The van der Waals surface area contributed by atoms with Gasteiger partial charge in [-0.25, -0.2) is 0 Å². The first-order valence-corrected chi connectivity index (χ1v) is 6.13. The van der Waals surface area contributed by atoms with E-state index in [0.717, 1.165) is 25.0 Å². The Balaban J connectivity index is 1.71. The maximum atomic E-state index is 5.69. The molecule has 0 N–H and O–H groups in total. The van der Waals surface area contributed by atoms with Crippen molar-refractivity contribution in [1.82, 2.24) is 9.97 Å². The van der Waals surface area contributed by atoms with Gasteiger partial charge in [0, 0.05) is 24.8 Å². The van der Waals surface area contributed by atoms with E-state index >= 15 is 0 Å². The Morgan fingerprint density at radius 3 is 2.28 bits per heavy atom. The van der Waals surface area contributed by atoms with Crippen LogP contribution in [0.5, 0.6) is 5.75 Å². The summed E-state index contributed by atoms with van der Waals surface area (Å²) in [7, 11) is 0. The zero-order valence-electron chi connectivity index (χ0n) is 10.3. The summed E-state index contributed by atoms with van der Waals surface area (Å²) in [6.07, 6.45) is 10.1. The average molecular weight is 241 g/mol. The first kappa shape index (κ1) is 12.6. The van der Waals surface area contributed by atoms with E-state index < -0.39 is 0 Å². The van der Waals surface area contributed by atoms with Crippen LogP contribution in [0.15, 0.2) is 49.1 Å². The zero-order chi connectivity index (χ0) is 12.6. The minimum absolute atomic E-state index is 0.0192. The number of rotatable bonds is 6. The van der Waals surface area contributed by atoms with Crippen molar-refractivity contribution in [2.45, 2.75) is 25.4 Å². The van der Waals surface area contributed by atoms with E-state index in [9.17, 15) is 0 Å². The minimum atomic E-state index is -0.0192. The zero-order valence-corrected chi connectivity index (χ0v) is 10.3. The molecule has 1 radical (unpaired) electrons. The van der Waals surface area contributed by atoms with Gasteiger partial charge in [0.25, 0.3) is 0 Å². The highest BCUT2D eigenvalue weighted by molar-refractivity contribution is 5.17. The Bertz CT molecular complexity index is 445. The summed E-state index contributed by atoms with van der Waals surface area (Å²) in [5.41, 5.74) is 1.31. The van der Waals surface area contributed by atoms with Crippen LogP contribution in [0, 0.1) is 6.92 Å². The molecule has 0 aliphatic rings. The number of ether oxygens (including phenoxy) is 1. The van der Waals surface area contributed by atoms with E-state index in [1.807, 2.05) is 36.7 Å². The molecule has 18 heavy (non-hydrogen) atoms. The third kappa shape index (κ3) is 4.17. The Morgan fingerprint density at radius 1 is 1.00 bits per heavy atom. The Hall–Kier alpha value is -1.90. The SMILES string of the molecule is [CH2]C(CCCc1ccncc1)Oc1ccncc1. The third-order valence-corrected chi connectivity index (χ3v) is 2.69. The molecule has 0 aliphatic carbocycles. The maximum absolute atomic E-state index is 5.69. The Labute approximate surface area is 108 Å². The van der Waals surface area contributed by atoms with Crippen LogP contribution in [0.4, 0.5) is 0 Å². The monoisotopic (exact) mass is 241 g/mol. The molecule has 0 fully saturated rings. The van der Waals surface area contributed by atoms with Crippen molar-refractivity contribution in [3.63, 3.8) is 0 Å². The molecule has 2 aromatic heterocycles. The van der Waals surface area contributed by atoms with Crippen LogP contribution in [0.2, 0.25) is 0 Å². The van der Waals surface area contributed by atoms with Gasteiger partial charge in [-0.3, -0.25) is 9.97 Å². The maximum Gasteiger partial charge on any atom is 0.122 e. The van der Waals surface area contributed by atoms with Gasteiger partial charge in [0.15, 0.2) is 0 Å². The fraction of sp³-hybridized carbons (Fsp3) is 0.267. The van der Waals surface area contributed by atoms with Gasteiger partial charge in [-0.05, 0) is 56.0 Å². The molecule has 0 aromatic carbocycles. The van der Waals surface area contributed by atoms with Crippen LogP contribution in [-0.4, -0.2) is 16.1 Å². The highest BCUT2D eigenvalue weighted by atomic mass is 16.5. The average Bonchev–Trinajstić information content (AvgIpc) is 2.41. The van der Waals surface area contributed by atoms with E-state index in [-0.39, 0.29) is 6.10 Å². The van der Waals surface area contributed by atoms with Gasteiger partial charge in [-0.1, -0.05) is 0 Å². The van der Waals surface area contributed by atoms with E-state index in [4.69, 9.17) is 4.74 Å². The number of hydrogen-bond donors (Lipinski definition) is 0. The normalized spacial score (nSPS) is 12.1. The second-order valence-electron chi connectivity index (χ2n) is 4.17. The smallest absolute Gasteiger partial charge is 0.122 e. The number of aromatic nitrogens is 2. The summed E-state index contributed by atoms with van der Waals surface area (Å²) < 4.78 is 5.69. The standard InChI is InChI=1S/C15H17N2O/c1-13(18-15-7-11-17-12-8-15)3-2-4-14-5-9-16-10-6-14/h5-13H,1-4H2. The lowest BCUT2D eigenvalue weighted by Crippen LogP contribution is -2.12. The lowest BCUT2D eigenvalue weighted by atomic mass is 10.1. The molecule has 0 bridgehead atoms. The molecular formula is C15H17N2O. The highest BCUT2D eigenvalue weighted by Crippen LogP contribution is 2.13. The molecule has 0 aliphatic heterocycles. The first-order valence-electron chi connectivity index (χ1n) is 6.13. The predicted octanol–water partition coefficient (Wildman–Crippen LogP) is 3.08. The predicted molar refractivity (Wildman–Crippen MR) is 71.2 cm³/mol. The summed E-state index contributed by atoms with van der Waals surface area (Å²) in [5, 5.41) is 0. The Morgan fingerprint density at radius 2 is 1.61 bits per heavy atom. The van der Waals surface area contributed by atoms with Gasteiger partial charge in [0.1, 0.15) is 5.75 Å². The van der Waals surface area contributed by atoms with Crippen LogP contribution in [0.3, 0.4) is 0 Å². The lowest BCUT2D eigenvalue weighted by molar-refractivity contribution is 0.232. The van der Waals surface area contributed by atoms with Gasteiger partial charge in [-0.15, -0.1) is 0 Å². The number of nitrogens with zero attached hydrogens (tertiary/aromatic N) is 2. The topological polar surface area (TPSA) is 35.0 Å². The Kier molecular flexibility index (Phi) is 4.70. The van der Waals surface area contributed by atoms with Gasteiger partial charge in [0.05, 0.1) is 6.10 Å². The van der Waals surface area contributed by atoms with Crippen molar-refractivity contribution < 1.29 is 4.74 Å². The second-order valence-corrected chi connectivity index (χ2v) is 4.17. The van der Waals surface area contributed by atoms with E-state index in [0.29, 0.717) is 0 Å². The van der Waals surface area contributed by atoms with Crippen LogP contribution in [0.25, 0.3) is 0 Å². The van der Waals surface area contributed by atoms with Crippen LogP contribution < -0.4 is 4.74 Å². The van der Waals surface area contributed by atoms with Crippen LogP contribution in [0.1, 0.15) is 18.4 Å². The van der Waals surface area contributed by atoms with Crippen molar-refractivity contribution in [2.75, 3.05) is 0 Å². The van der Waals surface area contributed by atoms with Crippen molar-refractivity contribution in [3.05, 3.63) is 61.5 Å². The highest BCUT2D eigenvalue weighted by Gasteiger charge is 2.04. The van der Waals surface area contributed by atoms with Gasteiger partial charge in [-0.2, -0.15) is 0 Å². The largest absolute Gasteiger partial charge is 0.490 e. The molecular weight excluding hydrogens is 224 g/mol. The van der Waals surface area contributed by atoms with Gasteiger partial charge >= 0.3 is 0 Å². The van der Waals surface area contributed by atoms with Crippen molar-refractivity contribution in [1.29, 1.82) is 0 Å². The van der Waals surface area contributed by atoms with Crippen molar-refractivity contribution in [2.24, 2.45) is 0 Å². The summed E-state index contributed by atoms with van der Waals surface area (Å²) in [6.45, 7) is 4.01. The molecule has 2 aromatic rings. The molecule has 0 saturated heterocycles. The molecule has 3 nitrogen and oxygen atoms in total. The molecule has 2 heterocycles. The molecule has 1 atom stereocenters. The molecule has 0 spiro atoms. The van der Waals surface area contributed by atoms with Crippen molar-refractivity contribution in [3.8, 4) is 5.75 Å². The third-order valence-electron chi connectivity index (χ3n) is 2.69. The quantitative estimate of drug-likeness (QED) is 0.779. The van der Waals surface area contributed by atoms with E-state index in [2.05, 4.69) is 16.9 Å². The fourth-order valence-electron chi connectivity index (χ4n) is 1.75. The first-order chi connectivity index (χ1) is 8.84. The molecule has 93 valence electrons. The summed E-state index contributed by atoms with van der Waals surface area (Å²) >= 11 is 0. The van der Waals surface area contributed by atoms with Crippen LogP contribution in [-0.2, 0) is 6.42 Å². The fourth-order valence-corrected chi connectivity index (χ4v) is 1.75. The number of pyridine rings is 2. The van der Waals surface area contributed by atoms with E-state index in [1.165, 1.54) is 5.56 Å². The van der Waals surface area contributed by atoms with Crippen molar-refractivity contribution >= 4 is 0 Å². The second kappa shape index (κ2) is 6.74. The number of hydrogen-bond acceptors (Lipinski definition) is 3. The number of aryl methyl sites for hydroxylation is 1. The molecule has 2 rings (SSSR count). The summed E-state index contributed by atoms with van der Waals surface area (Å²) in [6, 6.07) is 7.78. The van der Waals surface area contributed by atoms with Gasteiger partial charge < -0.3 is 4.74 Å². The minimum Gasteiger partial charge on any atom is -0.490 e. The lowest BCUT2D eigenvalue weighted by Gasteiger charge is -2.14. The molecule has 1 unspecified atom stereocenters. The van der Waals surface area contributed by atoms with Gasteiger partial charge in [0.2, 0.25) is 0 Å². The summed E-state index contributed by atoms with van der Waals surface area (Å²) in [5.74, 6) is 0.828. The molecule has 3 heteroatoms. The molecule has 0 amide bonds. The van der Waals surface area contributed by atoms with Crippen LogP contribution >= 0.6 is 0 Å². The molecule has 0 saturated carbocycles. The summed E-state index contributed by atoms with van der Waals surface area (Å²) in [4.78, 5) is 7.95.